The fourth-order valence-corrected chi connectivity index (χ4v) is 6.44. The third-order valence-electron chi connectivity index (χ3n) is 8.94. The van der Waals surface area contributed by atoms with Gasteiger partial charge >= 0.3 is 0 Å². The Morgan fingerprint density at radius 1 is 0.306 bits per heavy atom. The number of aromatic nitrogens is 3. The maximum atomic E-state index is 6.60. The summed E-state index contributed by atoms with van der Waals surface area (Å²) < 4.78 is 6.60. The van der Waals surface area contributed by atoms with Gasteiger partial charge in [-0.05, 0) is 58.1 Å². The molecule has 0 spiro atoms. The first-order valence-electron chi connectivity index (χ1n) is 16.4. The first-order chi connectivity index (χ1) is 24.3. The maximum absolute atomic E-state index is 6.60. The Labute approximate surface area is 284 Å². The van der Waals surface area contributed by atoms with Crippen molar-refractivity contribution in [2.24, 2.45) is 0 Å². The van der Waals surface area contributed by atoms with E-state index in [-0.39, 0.29) is 0 Å². The topological polar surface area (TPSA) is 51.8 Å². The van der Waals surface area contributed by atoms with Gasteiger partial charge in [0.15, 0.2) is 17.5 Å². The van der Waals surface area contributed by atoms with E-state index in [4.69, 9.17) is 19.4 Å². The van der Waals surface area contributed by atoms with E-state index in [0.29, 0.717) is 17.5 Å². The summed E-state index contributed by atoms with van der Waals surface area (Å²) in [6, 6.07) is 60.4. The van der Waals surface area contributed by atoms with Crippen LogP contribution in [0.5, 0.6) is 0 Å². The van der Waals surface area contributed by atoms with Crippen LogP contribution in [0.3, 0.4) is 0 Å². The zero-order valence-electron chi connectivity index (χ0n) is 26.5. The van der Waals surface area contributed by atoms with Gasteiger partial charge in [-0.2, -0.15) is 0 Å². The predicted molar refractivity (Wildman–Crippen MR) is 200 cm³/mol. The Hall–Kier alpha value is -6.65. The summed E-state index contributed by atoms with van der Waals surface area (Å²) >= 11 is 0. The summed E-state index contributed by atoms with van der Waals surface area (Å²) in [7, 11) is 0. The minimum atomic E-state index is 0.606. The molecule has 0 atom stereocenters. The van der Waals surface area contributed by atoms with Crippen LogP contribution >= 0.6 is 0 Å². The fourth-order valence-electron chi connectivity index (χ4n) is 6.44. The summed E-state index contributed by atoms with van der Waals surface area (Å²) in [5.41, 5.74) is 11.2. The molecular formula is C45H29N3O. The molecule has 0 N–H and O–H groups in total. The Kier molecular flexibility index (Phi) is 7.10. The largest absolute Gasteiger partial charge is 0.455 e. The molecule has 0 saturated heterocycles. The third-order valence-corrected chi connectivity index (χ3v) is 8.94. The highest BCUT2D eigenvalue weighted by Crippen LogP contribution is 2.40. The molecule has 230 valence electrons. The lowest BCUT2D eigenvalue weighted by Gasteiger charge is -2.09. The summed E-state index contributed by atoms with van der Waals surface area (Å²) in [6.45, 7) is 0. The van der Waals surface area contributed by atoms with Crippen molar-refractivity contribution in [1.82, 2.24) is 15.0 Å². The molecule has 0 radical (unpaired) electrons. The van der Waals surface area contributed by atoms with Gasteiger partial charge in [0.05, 0.1) is 0 Å². The Morgan fingerprint density at radius 3 is 1.31 bits per heavy atom. The van der Waals surface area contributed by atoms with Crippen LogP contribution in [-0.4, -0.2) is 15.0 Å². The molecule has 9 rings (SSSR count). The molecule has 9 aromatic rings. The van der Waals surface area contributed by atoms with Gasteiger partial charge in [-0.15, -0.1) is 0 Å². The van der Waals surface area contributed by atoms with Gasteiger partial charge in [0.2, 0.25) is 0 Å². The van der Waals surface area contributed by atoms with Crippen molar-refractivity contribution in [2.75, 3.05) is 0 Å². The van der Waals surface area contributed by atoms with E-state index in [1.165, 1.54) is 5.56 Å². The lowest BCUT2D eigenvalue weighted by molar-refractivity contribution is 0.670. The molecule has 0 aliphatic carbocycles. The van der Waals surface area contributed by atoms with E-state index in [9.17, 15) is 0 Å². The molecule has 0 fully saturated rings. The van der Waals surface area contributed by atoms with Crippen LogP contribution in [0, 0.1) is 0 Å². The van der Waals surface area contributed by atoms with E-state index in [2.05, 4.69) is 115 Å². The average Bonchev–Trinajstić information content (AvgIpc) is 3.57. The number of benzene rings is 7. The lowest BCUT2D eigenvalue weighted by Crippen LogP contribution is -2.00. The fraction of sp³-hybridized carbons (Fsp3) is 0. The van der Waals surface area contributed by atoms with E-state index >= 15 is 0 Å². The van der Waals surface area contributed by atoms with Gasteiger partial charge in [-0.25, -0.2) is 15.0 Å². The molecule has 0 saturated carbocycles. The Balaban J connectivity index is 1.22. The monoisotopic (exact) mass is 627 g/mol. The highest BCUT2D eigenvalue weighted by atomic mass is 16.3. The summed E-state index contributed by atoms with van der Waals surface area (Å²) in [4.78, 5) is 15.0. The Bertz CT molecular complexity index is 2560. The molecular weight excluding hydrogens is 599 g/mol. The van der Waals surface area contributed by atoms with Gasteiger partial charge in [0.1, 0.15) is 11.2 Å². The normalized spacial score (nSPS) is 11.3. The summed E-state index contributed by atoms with van der Waals surface area (Å²) in [5, 5.41) is 2.06. The number of furan rings is 1. The smallest absolute Gasteiger partial charge is 0.164 e. The van der Waals surface area contributed by atoms with Gasteiger partial charge < -0.3 is 4.42 Å². The highest BCUT2D eigenvalue weighted by Gasteiger charge is 2.18. The molecule has 4 nitrogen and oxygen atoms in total. The van der Waals surface area contributed by atoms with Gasteiger partial charge in [-0.3, -0.25) is 0 Å². The predicted octanol–water partition coefficient (Wildman–Crippen LogP) is 11.8. The van der Waals surface area contributed by atoms with Crippen molar-refractivity contribution in [1.29, 1.82) is 0 Å². The van der Waals surface area contributed by atoms with Crippen molar-refractivity contribution in [2.45, 2.75) is 0 Å². The summed E-state index contributed by atoms with van der Waals surface area (Å²) in [5.74, 6) is 1.86. The molecule has 49 heavy (non-hydrogen) atoms. The quantitative estimate of drug-likeness (QED) is 0.184. The molecule has 0 amide bonds. The van der Waals surface area contributed by atoms with Crippen LogP contribution in [0.4, 0.5) is 0 Å². The van der Waals surface area contributed by atoms with E-state index in [1.807, 2.05) is 60.7 Å². The molecule has 2 aromatic heterocycles. The lowest BCUT2D eigenvalue weighted by atomic mass is 9.95. The van der Waals surface area contributed by atoms with Gasteiger partial charge in [0, 0.05) is 33.0 Å². The SMILES string of the molecule is c1ccc(-c2ccc(-c3nc(-c4ccccc4)nc(-c4ccc5oc6c(-c7ccccc7)cc(-c7ccccc7)cc6c5c4)n3)cc2)cc1. The average molecular weight is 628 g/mol. The Morgan fingerprint density at radius 2 is 0.714 bits per heavy atom. The van der Waals surface area contributed by atoms with E-state index in [1.54, 1.807) is 0 Å². The van der Waals surface area contributed by atoms with Crippen LogP contribution in [0.1, 0.15) is 0 Å². The first kappa shape index (κ1) is 28.6. The van der Waals surface area contributed by atoms with Crippen molar-refractivity contribution in [3.05, 3.63) is 176 Å². The zero-order valence-corrected chi connectivity index (χ0v) is 26.5. The van der Waals surface area contributed by atoms with Crippen LogP contribution in [0.2, 0.25) is 0 Å². The van der Waals surface area contributed by atoms with Crippen LogP contribution in [0.25, 0.3) is 89.5 Å². The maximum Gasteiger partial charge on any atom is 0.164 e. The van der Waals surface area contributed by atoms with E-state index < -0.39 is 0 Å². The third kappa shape index (κ3) is 5.45. The number of rotatable bonds is 6. The standard InChI is InChI=1S/C45H29N3O/c1-5-13-30(14-6-1)32-21-23-35(24-22-32)44-46-43(34-19-11-4-12-20-34)47-45(48-44)36-25-26-41-39(27-36)40-29-37(31-15-7-2-8-16-31)28-38(42(40)49-41)33-17-9-3-10-18-33/h1-29H. The second kappa shape index (κ2) is 12.2. The molecule has 2 heterocycles. The van der Waals surface area contributed by atoms with Crippen molar-refractivity contribution in [3.63, 3.8) is 0 Å². The molecule has 0 unspecified atom stereocenters. The van der Waals surface area contributed by atoms with Gasteiger partial charge in [-0.1, -0.05) is 146 Å². The van der Waals surface area contributed by atoms with E-state index in [0.717, 1.165) is 66.4 Å². The second-order valence-corrected chi connectivity index (χ2v) is 12.1. The minimum absolute atomic E-state index is 0.606. The molecule has 7 aromatic carbocycles. The van der Waals surface area contributed by atoms with Crippen LogP contribution in [-0.2, 0) is 0 Å². The van der Waals surface area contributed by atoms with Crippen molar-refractivity contribution >= 4 is 21.9 Å². The van der Waals surface area contributed by atoms with Crippen LogP contribution in [0.15, 0.2) is 180 Å². The van der Waals surface area contributed by atoms with Gasteiger partial charge in [0.25, 0.3) is 0 Å². The molecule has 4 heteroatoms. The van der Waals surface area contributed by atoms with Crippen LogP contribution < -0.4 is 0 Å². The molecule has 0 aliphatic rings. The molecule has 0 bridgehead atoms. The number of nitrogens with zero attached hydrogens (tertiary/aromatic N) is 3. The zero-order chi connectivity index (χ0) is 32.6. The minimum Gasteiger partial charge on any atom is -0.455 e. The number of hydrogen-bond acceptors (Lipinski definition) is 4. The summed E-state index contributed by atoms with van der Waals surface area (Å²) in [6.07, 6.45) is 0. The first-order valence-corrected chi connectivity index (χ1v) is 16.4. The molecule has 0 aliphatic heterocycles. The van der Waals surface area contributed by atoms with Crippen molar-refractivity contribution < 1.29 is 4.42 Å². The van der Waals surface area contributed by atoms with Crippen molar-refractivity contribution in [3.8, 4) is 67.5 Å². The number of fused-ring (bicyclic) bond motifs is 3. The second-order valence-electron chi connectivity index (χ2n) is 12.1. The highest BCUT2D eigenvalue weighted by molar-refractivity contribution is 6.12. The number of hydrogen-bond donors (Lipinski definition) is 0.